The van der Waals surface area contributed by atoms with Crippen molar-refractivity contribution in [3.63, 3.8) is 0 Å². The van der Waals surface area contributed by atoms with E-state index in [4.69, 9.17) is 16.3 Å². The number of rotatable bonds is 7. The number of nitrogens with one attached hydrogen (secondary N) is 1. The van der Waals surface area contributed by atoms with Gasteiger partial charge in [-0.3, -0.25) is 9.69 Å². The van der Waals surface area contributed by atoms with Crippen molar-refractivity contribution in [2.24, 2.45) is 5.92 Å². The molecule has 4 N–H and O–H groups in total. The Kier molecular flexibility index (Phi) is 8.67. The summed E-state index contributed by atoms with van der Waals surface area (Å²) in [6.07, 6.45) is -0.0980. The molecule has 7 nitrogen and oxygen atoms in total. The average Bonchev–Trinajstić information content (AvgIpc) is 2.99. The topological polar surface area (TPSA) is 102 Å². The molecule has 0 aromatic heterocycles. The summed E-state index contributed by atoms with van der Waals surface area (Å²) >= 11 is 7.55. The van der Waals surface area contributed by atoms with Crippen molar-refractivity contribution in [1.29, 1.82) is 0 Å². The Balaban J connectivity index is 2.09. The highest BCUT2D eigenvalue weighted by molar-refractivity contribution is 7.99. The lowest BCUT2D eigenvalue weighted by Crippen LogP contribution is -2.65. The van der Waals surface area contributed by atoms with E-state index in [-0.39, 0.29) is 11.9 Å². The number of carbonyl (C=O) groups is 1. The van der Waals surface area contributed by atoms with Gasteiger partial charge in [-0.15, -0.1) is 23.4 Å². The van der Waals surface area contributed by atoms with Gasteiger partial charge in [-0.2, -0.15) is 0 Å². The van der Waals surface area contributed by atoms with Crippen molar-refractivity contribution in [3.8, 4) is 0 Å². The number of hydrogen-bond acceptors (Lipinski definition) is 7. The standard InChI is InChI=1S/C18H33ClN2O5S/c1-5-6-10-7-11(21(3)8-10)17(25)20-12(9(2)19)16-14(23)13(22)15(24)18(26-16)27-4/h9-16,18,22-24H,5-8H2,1-4H3,(H,20,25)/t9?,10-,11+,12?,13-,14-,15-,16-,18-/m1/s1. The number of carbonyl (C=O) groups excluding carboxylic acids is 1. The molecule has 0 saturated carbocycles. The van der Waals surface area contributed by atoms with Crippen molar-refractivity contribution >= 4 is 29.3 Å². The fourth-order valence-corrected chi connectivity index (χ4v) is 5.00. The van der Waals surface area contributed by atoms with Crippen LogP contribution in [0, 0.1) is 5.92 Å². The maximum absolute atomic E-state index is 12.9. The highest BCUT2D eigenvalue weighted by Gasteiger charge is 2.48. The first-order valence-electron chi connectivity index (χ1n) is 9.58. The summed E-state index contributed by atoms with van der Waals surface area (Å²) in [5, 5.41) is 33.0. The maximum Gasteiger partial charge on any atom is 0.237 e. The quantitative estimate of drug-likeness (QED) is 0.438. The molecule has 2 fully saturated rings. The van der Waals surface area contributed by atoms with Gasteiger partial charge in [0.1, 0.15) is 29.9 Å². The molecule has 0 aromatic rings. The van der Waals surface area contributed by atoms with E-state index in [0.29, 0.717) is 5.92 Å². The van der Waals surface area contributed by atoms with E-state index in [0.717, 1.165) is 25.8 Å². The molecule has 2 aliphatic rings. The molecule has 2 rings (SSSR count). The fraction of sp³-hybridized carbons (Fsp3) is 0.944. The number of aliphatic hydroxyl groups is 3. The highest BCUT2D eigenvalue weighted by Crippen LogP contribution is 2.31. The Morgan fingerprint density at radius 3 is 2.56 bits per heavy atom. The summed E-state index contributed by atoms with van der Waals surface area (Å²) in [4.78, 5) is 14.9. The van der Waals surface area contributed by atoms with Crippen LogP contribution >= 0.6 is 23.4 Å². The third-order valence-electron chi connectivity index (χ3n) is 5.63. The molecule has 0 radical (unpaired) electrons. The van der Waals surface area contributed by atoms with Crippen molar-refractivity contribution in [3.05, 3.63) is 0 Å². The lowest BCUT2D eigenvalue weighted by Gasteiger charge is -2.44. The van der Waals surface area contributed by atoms with Crippen molar-refractivity contribution in [1.82, 2.24) is 10.2 Å². The number of alkyl halides is 1. The highest BCUT2D eigenvalue weighted by atomic mass is 35.5. The van der Waals surface area contributed by atoms with Crippen LogP contribution in [0.15, 0.2) is 0 Å². The molecule has 0 aliphatic carbocycles. The summed E-state index contributed by atoms with van der Waals surface area (Å²) in [5.74, 6) is 0.350. The minimum Gasteiger partial charge on any atom is -0.388 e. The van der Waals surface area contributed by atoms with E-state index in [2.05, 4.69) is 12.2 Å². The molecule has 9 atom stereocenters. The first-order chi connectivity index (χ1) is 12.7. The monoisotopic (exact) mass is 424 g/mol. The Labute approximate surface area is 170 Å². The minimum absolute atomic E-state index is 0.147. The Morgan fingerprint density at radius 2 is 2.00 bits per heavy atom. The van der Waals surface area contributed by atoms with Gasteiger partial charge >= 0.3 is 0 Å². The Hall–Kier alpha value is -0.0900. The van der Waals surface area contributed by atoms with Gasteiger partial charge in [-0.1, -0.05) is 13.3 Å². The molecule has 2 aliphatic heterocycles. The first-order valence-corrected chi connectivity index (χ1v) is 11.3. The summed E-state index contributed by atoms with van der Waals surface area (Å²) in [7, 11) is 1.94. The van der Waals surface area contributed by atoms with E-state index in [1.165, 1.54) is 11.8 Å². The van der Waals surface area contributed by atoms with E-state index in [1.54, 1.807) is 13.2 Å². The van der Waals surface area contributed by atoms with Gasteiger partial charge in [0.05, 0.1) is 17.5 Å². The first kappa shape index (κ1) is 23.2. The summed E-state index contributed by atoms with van der Waals surface area (Å²) in [6, 6.07) is -0.934. The second-order valence-corrected chi connectivity index (χ2v) is 9.36. The Bertz CT molecular complexity index is 498. The lowest BCUT2D eigenvalue weighted by molar-refractivity contribution is -0.205. The predicted molar refractivity (Wildman–Crippen MR) is 107 cm³/mol. The maximum atomic E-state index is 12.9. The summed E-state index contributed by atoms with van der Waals surface area (Å²) in [5.41, 5.74) is -0.702. The third-order valence-corrected chi connectivity index (χ3v) is 6.76. The normalized spacial score (nSPS) is 39.9. The lowest BCUT2D eigenvalue weighted by atomic mass is 9.92. The molecule has 1 amide bonds. The zero-order valence-corrected chi connectivity index (χ0v) is 18.0. The SMILES string of the molecule is CCC[C@@H]1C[C@@H](C(=O)NC(C(C)Cl)[C@H]2O[C@H](SC)[C@H](O)[C@H](O)[C@H]2O)N(C)C1. The van der Waals surface area contributed by atoms with Crippen molar-refractivity contribution < 1.29 is 24.9 Å². The molecule has 27 heavy (non-hydrogen) atoms. The molecule has 9 heteroatoms. The van der Waals surface area contributed by atoms with Crippen LogP contribution in [-0.4, -0.2) is 93.3 Å². The molecule has 2 heterocycles. The number of amides is 1. The van der Waals surface area contributed by atoms with Crippen LogP contribution in [0.25, 0.3) is 0 Å². The van der Waals surface area contributed by atoms with Gasteiger partial charge in [0, 0.05) is 6.54 Å². The molecule has 0 bridgehead atoms. The second kappa shape index (κ2) is 10.1. The summed E-state index contributed by atoms with van der Waals surface area (Å²) in [6.45, 7) is 4.74. The molecule has 158 valence electrons. The van der Waals surface area contributed by atoms with Gasteiger partial charge in [-0.05, 0) is 39.0 Å². The van der Waals surface area contributed by atoms with Crippen LogP contribution < -0.4 is 5.32 Å². The van der Waals surface area contributed by atoms with Crippen LogP contribution in [0.2, 0.25) is 0 Å². The van der Waals surface area contributed by atoms with E-state index >= 15 is 0 Å². The number of thioether (sulfide) groups is 1. The third kappa shape index (κ3) is 5.29. The number of ether oxygens (including phenoxy) is 1. The number of aliphatic hydroxyl groups excluding tert-OH is 3. The van der Waals surface area contributed by atoms with Gasteiger partial charge in [0.25, 0.3) is 0 Å². The molecular formula is C18H33ClN2O5S. The van der Waals surface area contributed by atoms with Gasteiger partial charge in [-0.25, -0.2) is 0 Å². The second-order valence-electron chi connectivity index (χ2n) is 7.73. The Morgan fingerprint density at radius 1 is 1.33 bits per heavy atom. The predicted octanol–water partition coefficient (Wildman–Crippen LogP) is 0.390. The number of nitrogens with zero attached hydrogens (tertiary/aromatic N) is 1. The smallest absolute Gasteiger partial charge is 0.237 e. The van der Waals surface area contributed by atoms with Crippen LogP contribution in [0.3, 0.4) is 0 Å². The molecular weight excluding hydrogens is 392 g/mol. The van der Waals surface area contributed by atoms with Crippen LogP contribution in [0.5, 0.6) is 0 Å². The van der Waals surface area contributed by atoms with E-state index in [9.17, 15) is 20.1 Å². The zero-order valence-electron chi connectivity index (χ0n) is 16.4. The van der Waals surface area contributed by atoms with Crippen LogP contribution in [-0.2, 0) is 9.53 Å². The molecule has 0 aromatic carbocycles. The summed E-state index contributed by atoms with van der Waals surface area (Å²) < 4.78 is 5.79. The molecule has 0 spiro atoms. The molecule has 2 saturated heterocycles. The van der Waals surface area contributed by atoms with Gasteiger partial charge in [0.2, 0.25) is 5.91 Å². The van der Waals surface area contributed by atoms with Gasteiger partial charge < -0.3 is 25.4 Å². The molecule has 2 unspecified atom stereocenters. The van der Waals surface area contributed by atoms with E-state index < -0.39 is 41.3 Å². The average molecular weight is 425 g/mol. The fourth-order valence-electron chi connectivity index (χ4n) is 4.11. The number of likely N-dealkylation sites (N-methyl/N-ethyl adjacent to an activating group) is 1. The van der Waals surface area contributed by atoms with Gasteiger partial charge in [0.15, 0.2) is 0 Å². The van der Waals surface area contributed by atoms with Crippen molar-refractivity contribution in [2.45, 2.75) is 80.4 Å². The largest absolute Gasteiger partial charge is 0.388 e. The number of hydrogen-bond donors (Lipinski definition) is 4. The number of likely N-dealkylation sites (tertiary alicyclic amines) is 1. The van der Waals surface area contributed by atoms with Crippen LogP contribution in [0.4, 0.5) is 0 Å². The van der Waals surface area contributed by atoms with Crippen molar-refractivity contribution in [2.75, 3.05) is 19.8 Å². The van der Waals surface area contributed by atoms with Crippen LogP contribution in [0.1, 0.15) is 33.1 Å². The van der Waals surface area contributed by atoms with E-state index in [1.807, 2.05) is 11.9 Å². The minimum atomic E-state index is -1.36. The number of halogens is 1. The zero-order chi connectivity index (χ0) is 20.3.